The third-order valence-corrected chi connectivity index (χ3v) is 6.26. The largest absolute Gasteiger partial charge is 0.433 e. The maximum absolute atomic E-state index is 13.5. The minimum absolute atomic E-state index is 0.0524. The summed E-state index contributed by atoms with van der Waals surface area (Å²) in [5.41, 5.74) is -0.697. The van der Waals surface area contributed by atoms with Gasteiger partial charge in [0.05, 0.1) is 0 Å². The molecule has 0 atom stereocenters. The van der Waals surface area contributed by atoms with Gasteiger partial charge in [-0.15, -0.1) is 0 Å². The van der Waals surface area contributed by atoms with Crippen LogP contribution in [0, 0.1) is 0 Å². The van der Waals surface area contributed by atoms with Crippen molar-refractivity contribution in [1.82, 2.24) is 9.88 Å². The van der Waals surface area contributed by atoms with Crippen molar-refractivity contribution in [1.29, 1.82) is 0 Å². The summed E-state index contributed by atoms with van der Waals surface area (Å²) in [6.07, 6.45) is -1.02. The number of piperazine rings is 1. The standard InChI is InChI=1S/C22H24ClF3N4O/c23-16-6-8-17(9-7-16)28-21(10-1-2-11-21)20(31)30-14-12-29(13-15-30)19-5-3-4-18(27-19)22(24,25)26/h3-9,28H,1-2,10-15H2. The van der Waals surface area contributed by atoms with E-state index in [-0.39, 0.29) is 11.7 Å². The number of pyridine rings is 1. The topological polar surface area (TPSA) is 48.5 Å². The molecule has 4 rings (SSSR count). The normalized spacial score (nSPS) is 18.8. The molecule has 0 spiro atoms. The Morgan fingerprint density at radius 1 is 1.00 bits per heavy atom. The van der Waals surface area contributed by atoms with Gasteiger partial charge in [-0.25, -0.2) is 4.98 Å². The van der Waals surface area contributed by atoms with Crippen LogP contribution in [0.3, 0.4) is 0 Å². The van der Waals surface area contributed by atoms with Crippen molar-refractivity contribution in [3.8, 4) is 0 Å². The van der Waals surface area contributed by atoms with Gasteiger partial charge >= 0.3 is 6.18 Å². The van der Waals surface area contributed by atoms with Crippen LogP contribution >= 0.6 is 11.6 Å². The Bertz CT molecular complexity index is 921. The van der Waals surface area contributed by atoms with E-state index in [0.29, 0.717) is 31.2 Å². The number of rotatable bonds is 4. The van der Waals surface area contributed by atoms with Crippen LogP contribution in [0.25, 0.3) is 0 Å². The molecule has 1 amide bonds. The smallest absolute Gasteiger partial charge is 0.371 e. The fraction of sp³-hybridized carbons (Fsp3) is 0.455. The zero-order chi connectivity index (χ0) is 22.1. The molecule has 1 aromatic heterocycles. The van der Waals surface area contributed by atoms with Gasteiger partial charge in [0.2, 0.25) is 5.91 Å². The monoisotopic (exact) mass is 452 g/mol. The van der Waals surface area contributed by atoms with E-state index in [2.05, 4.69) is 10.3 Å². The average Bonchev–Trinajstić information content (AvgIpc) is 3.24. The van der Waals surface area contributed by atoms with Crippen LogP contribution < -0.4 is 10.2 Å². The second-order valence-corrected chi connectivity index (χ2v) is 8.52. The molecular formula is C22H24ClF3N4O. The number of benzene rings is 1. The number of amides is 1. The van der Waals surface area contributed by atoms with Gasteiger partial charge < -0.3 is 15.1 Å². The lowest BCUT2D eigenvalue weighted by atomic mass is 9.94. The molecule has 166 valence electrons. The maximum Gasteiger partial charge on any atom is 0.433 e. The van der Waals surface area contributed by atoms with Gasteiger partial charge in [0.1, 0.15) is 17.1 Å². The number of nitrogens with zero attached hydrogens (tertiary/aromatic N) is 3. The average molecular weight is 453 g/mol. The molecule has 31 heavy (non-hydrogen) atoms. The van der Waals surface area contributed by atoms with E-state index in [4.69, 9.17) is 11.6 Å². The molecule has 5 nitrogen and oxygen atoms in total. The quantitative estimate of drug-likeness (QED) is 0.722. The highest BCUT2D eigenvalue weighted by Gasteiger charge is 2.44. The Hall–Kier alpha value is -2.48. The highest BCUT2D eigenvalue weighted by atomic mass is 35.5. The molecule has 1 N–H and O–H groups in total. The Labute approximate surface area is 184 Å². The van der Waals surface area contributed by atoms with Crippen molar-refractivity contribution >= 4 is 29.0 Å². The molecular weight excluding hydrogens is 429 g/mol. The lowest BCUT2D eigenvalue weighted by molar-refractivity contribution is -0.141. The molecule has 0 bridgehead atoms. The molecule has 2 aromatic rings. The summed E-state index contributed by atoms with van der Waals surface area (Å²) in [7, 11) is 0. The van der Waals surface area contributed by atoms with Crippen molar-refractivity contribution in [2.75, 3.05) is 36.4 Å². The molecule has 0 radical (unpaired) electrons. The van der Waals surface area contributed by atoms with E-state index in [9.17, 15) is 18.0 Å². The van der Waals surface area contributed by atoms with Crippen molar-refractivity contribution in [3.05, 3.63) is 53.2 Å². The van der Waals surface area contributed by atoms with Crippen LogP contribution in [0.4, 0.5) is 24.7 Å². The summed E-state index contributed by atoms with van der Waals surface area (Å²) in [5.74, 6) is 0.341. The first-order valence-corrected chi connectivity index (χ1v) is 10.8. The highest BCUT2D eigenvalue weighted by molar-refractivity contribution is 6.30. The number of nitrogens with one attached hydrogen (secondary N) is 1. The Morgan fingerprint density at radius 2 is 1.65 bits per heavy atom. The third-order valence-electron chi connectivity index (χ3n) is 6.01. The number of hydrogen-bond acceptors (Lipinski definition) is 4. The molecule has 1 aliphatic heterocycles. The number of anilines is 2. The van der Waals surface area contributed by atoms with Gasteiger partial charge in [-0.3, -0.25) is 4.79 Å². The molecule has 2 aliphatic rings. The van der Waals surface area contributed by atoms with E-state index < -0.39 is 17.4 Å². The first kappa shape index (κ1) is 21.7. The third kappa shape index (κ3) is 4.74. The van der Waals surface area contributed by atoms with Gasteiger partial charge in [-0.05, 0) is 49.2 Å². The highest BCUT2D eigenvalue weighted by Crippen LogP contribution is 2.36. The first-order valence-electron chi connectivity index (χ1n) is 10.4. The van der Waals surface area contributed by atoms with Crippen molar-refractivity contribution in [2.24, 2.45) is 0 Å². The summed E-state index contributed by atoms with van der Waals surface area (Å²) in [6.45, 7) is 1.77. The summed E-state index contributed by atoms with van der Waals surface area (Å²) in [6, 6.07) is 11.2. The lowest BCUT2D eigenvalue weighted by Crippen LogP contribution is -2.57. The molecule has 2 fully saturated rings. The SMILES string of the molecule is O=C(N1CCN(c2cccc(C(F)(F)F)n2)CC1)C1(Nc2ccc(Cl)cc2)CCCC1. The zero-order valence-electron chi connectivity index (χ0n) is 17.0. The molecule has 1 saturated carbocycles. The predicted molar refractivity (Wildman–Crippen MR) is 114 cm³/mol. The van der Waals surface area contributed by atoms with Crippen molar-refractivity contribution in [2.45, 2.75) is 37.4 Å². The number of carbonyl (C=O) groups excluding carboxylic acids is 1. The van der Waals surface area contributed by atoms with Crippen LogP contribution in [0.1, 0.15) is 31.4 Å². The Balaban J connectivity index is 1.44. The molecule has 0 unspecified atom stereocenters. The summed E-state index contributed by atoms with van der Waals surface area (Å²) >= 11 is 5.97. The van der Waals surface area contributed by atoms with E-state index in [1.54, 1.807) is 23.1 Å². The van der Waals surface area contributed by atoms with Crippen LogP contribution in [0.5, 0.6) is 0 Å². The fourth-order valence-corrected chi connectivity index (χ4v) is 4.50. The van der Waals surface area contributed by atoms with E-state index in [0.717, 1.165) is 37.4 Å². The second-order valence-electron chi connectivity index (χ2n) is 8.08. The predicted octanol–water partition coefficient (Wildman–Crippen LogP) is 4.83. The number of alkyl halides is 3. The number of hydrogen-bond donors (Lipinski definition) is 1. The molecule has 9 heteroatoms. The molecule has 1 aromatic carbocycles. The van der Waals surface area contributed by atoms with Crippen molar-refractivity contribution in [3.63, 3.8) is 0 Å². The molecule has 1 aliphatic carbocycles. The van der Waals surface area contributed by atoms with E-state index in [1.165, 1.54) is 6.07 Å². The van der Waals surface area contributed by atoms with E-state index in [1.807, 2.05) is 17.0 Å². The Kier molecular flexibility index (Phi) is 6.01. The van der Waals surface area contributed by atoms with Gasteiger partial charge in [-0.2, -0.15) is 13.2 Å². The first-order chi connectivity index (χ1) is 14.8. The van der Waals surface area contributed by atoms with Crippen LogP contribution in [0.15, 0.2) is 42.5 Å². The summed E-state index contributed by atoms with van der Waals surface area (Å²) in [4.78, 5) is 20.9. The van der Waals surface area contributed by atoms with Crippen LogP contribution in [-0.2, 0) is 11.0 Å². The summed E-state index contributed by atoms with van der Waals surface area (Å²) in [5, 5.41) is 4.08. The minimum Gasteiger partial charge on any atom is -0.371 e. The van der Waals surface area contributed by atoms with Gasteiger partial charge in [-0.1, -0.05) is 30.5 Å². The Morgan fingerprint density at radius 3 is 2.26 bits per heavy atom. The van der Waals surface area contributed by atoms with Crippen LogP contribution in [-0.4, -0.2) is 47.5 Å². The number of halogens is 4. The fourth-order valence-electron chi connectivity index (χ4n) is 4.38. The second kappa shape index (κ2) is 8.57. The summed E-state index contributed by atoms with van der Waals surface area (Å²) < 4.78 is 38.9. The number of carbonyl (C=O) groups is 1. The molecule has 1 saturated heterocycles. The van der Waals surface area contributed by atoms with Crippen LogP contribution in [0.2, 0.25) is 5.02 Å². The lowest BCUT2D eigenvalue weighted by Gasteiger charge is -2.41. The number of aromatic nitrogens is 1. The van der Waals surface area contributed by atoms with Crippen molar-refractivity contribution < 1.29 is 18.0 Å². The maximum atomic E-state index is 13.5. The minimum atomic E-state index is -4.48. The zero-order valence-corrected chi connectivity index (χ0v) is 17.7. The van der Waals surface area contributed by atoms with Gasteiger partial charge in [0.15, 0.2) is 0 Å². The molecule has 2 heterocycles. The van der Waals surface area contributed by atoms with Gasteiger partial charge in [0.25, 0.3) is 0 Å². The van der Waals surface area contributed by atoms with Gasteiger partial charge in [0, 0.05) is 36.9 Å². The van der Waals surface area contributed by atoms with E-state index >= 15 is 0 Å².